The van der Waals surface area contributed by atoms with Crippen LogP contribution in [-0.4, -0.2) is 41.8 Å². The first-order chi connectivity index (χ1) is 10.3. The molecule has 0 amide bonds. The Labute approximate surface area is 127 Å². The van der Waals surface area contributed by atoms with E-state index in [1.54, 1.807) is 0 Å². The van der Waals surface area contributed by atoms with Crippen LogP contribution >= 0.6 is 0 Å². The van der Waals surface area contributed by atoms with Gasteiger partial charge in [-0.2, -0.15) is 0 Å². The number of nitrogens with one attached hydrogen (secondary N) is 1. The van der Waals surface area contributed by atoms with Crippen molar-refractivity contribution in [1.29, 1.82) is 0 Å². The molecule has 0 spiro atoms. The highest BCUT2D eigenvalue weighted by atomic mass is 16.5. The van der Waals surface area contributed by atoms with Crippen LogP contribution < -0.4 is 10.1 Å². The van der Waals surface area contributed by atoms with E-state index in [1.807, 2.05) is 25.1 Å². The number of rotatable bonds is 5. The summed E-state index contributed by atoms with van der Waals surface area (Å²) in [5, 5.41) is 14.0. The lowest BCUT2D eigenvalue weighted by Gasteiger charge is -2.29. The summed E-state index contributed by atoms with van der Waals surface area (Å²) in [6.45, 7) is 5.61. The SMILES string of the molecule is CCOc1cccc(CN2CCCC2C2CCCN2)c1O. The summed E-state index contributed by atoms with van der Waals surface area (Å²) in [5.74, 6) is 0.911. The zero-order chi connectivity index (χ0) is 14.7. The molecule has 2 aliphatic rings. The summed E-state index contributed by atoms with van der Waals surface area (Å²) >= 11 is 0. The normalized spacial score (nSPS) is 26.3. The Morgan fingerprint density at radius 2 is 2.24 bits per heavy atom. The predicted molar refractivity (Wildman–Crippen MR) is 83.7 cm³/mol. The molecular weight excluding hydrogens is 264 g/mol. The maximum atomic E-state index is 10.4. The van der Waals surface area contributed by atoms with Crippen molar-refractivity contribution in [3.8, 4) is 11.5 Å². The van der Waals surface area contributed by atoms with E-state index in [4.69, 9.17) is 4.74 Å². The monoisotopic (exact) mass is 290 g/mol. The molecule has 0 radical (unpaired) electrons. The van der Waals surface area contributed by atoms with Gasteiger partial charge in [0.2, 0.25) is 0 Å². The zero-order valence-corrected chi connectivity index (χ0v) is 12.8. The van der Waals surface area contributed by atoms with E-state index in [0.29, 0.717) is 30.2 Å². The van der Waals surface area contributed by atoms with Gasteiger partial charge in [0.15, 0.2) is 11.5 Å². The summed E-state index contributed by atoms with van der Waals surface area (Å²) in [6, 6.07) is 7.06. The molecule has 0 bridgehead atoms. The highest BCUT2D eigenvalue weighted by molar-refractivity contribution is 5.45. The molecule has 2 atom stereocenters. The fourth-order valence-corrected chi connectivity index (χ4v) is 3.73. The molecule has 1 aromatic rings. The van der Waals surface area contributed by atoms with Gasteiger partial charge in [-0.05, 0) is 51.8 Å². The minimum atomic E-state index is 0.310. The standard InChI is InChI=1S/C17H26N2O2/c1-2-21-16-9-3-6-13(17(16)20)12-19-11-5-8-15(19)14-7-4-10-18-14/h3,6,9,14-15,18,20H,2,4-5,7-8,10-12H2,1H3. The average Bonchev–Trinajstić information content (AvgIpc) is 3.14. The van der Waals surface area contributed by atoms with Crippen molar-refractivity contribution < 1.29 is 9.84 Å². The summed E-state index contributed by atoms with van der Waals surface area (Å²) in [6.07, 6.45) is 5.10. The highest BCUT2D eigenvalue weighted by Gasteiger charge is 2.33. The van der Waals surface area contributed by atoms with Gasteiger partial charge in [0.25, 0.3) is 0 Å². The molecule has 2 fully saturated rings. The van der Waals surface area contributed by atoms with E-state index in [2.05, 4.69) is 10.2 Å². The summed E-state index contributed by atoms with van der Waals surface area (Å²) in [7, 11) is 0. The van der Waals surface area contributed by atoms with Crippen LogP contribution in [-0.2, 0) is 6.54 Å². The zero-order valence-electron chi connectivity index (χ0n) is 12.8. The van der Waals surface area contributed by atoms with E-state index in [0.717, 1.165) is 25.2 Å². The largest absolute Gasteiger partial charge is 0.504 e. The molecule has 1 aromatic carbocycles. The van der Waals surface area contributed by atoms with E-state index in [-0.39, 0.29) is 0 Å². The third kappa shape index (κ3) is 3.16. The van der Waals surface area contributed by atoms with Crippen molar-refractivity contribution in [1.82, 2.24) is 10.2 Å². The van der Waals surface area contributed by atoms with Crippen LogP contribution in [0.5, 0.6) is 11.5 Å². The van der Waals surface area contributed by atoms with Gasteiger partial charge in [0, 0.05) is 24.2 Å². The quantitative estimate of drug-likeness (QED) is 0.874. The Morgan fingerprint density at radius 3 is 3.00 bits per heavy atom. The van der Waals surface area contributed by atoms with Crippen molar-refractivity contribution in [2.75, 3.05) is 19.7 Å². The molecule has 2 N–H and O–H groups in total. The fraction of sp³-hybridized carbons (Fsp3) is 0.647. The molecule has 2 unspecified atom stereocenters. The van der Waals surface area contributed by atoms with Crippen LogP contribution in [0.4, 0.5) is 0 Å². The third-order valence-electron chi connectivity index (χ3n) is 4.73. The summed E-state index contributed by atoms with van der Waals surface area (Å²) in [5.41, 5.74) is 0.978. The first-order valence-corrected chi connectivity index (χ1v) is 8.20. The number of nitrogens with zero attached hydrogens (tertiary/aromatic N) is 1. The van der Waals surface area contributed by atoms with Crippen molar-refractivity contribution in [2.45, 2.75) is 51.2 Å². The van der Waals surface area contributed by atoms with Crippen LogP contribution in [0.25, 0.3) is 0 Å². The number of ether oxygens (including phenoxy) is 1. The van der Waals surface area contributed by atoms with Gasteiger partial charge in [-0.15, -0.1) is 0 Å². The van der Waals surface area contributed by atoms with Crippen molar-refractivity contribution in [2.24, 2.45) is 0 Å². The van der Waals surface area contributed by atoms with E-state index < -0.39 is 0 Å². The molecule has 0 aliphatic carbocycles. The minimum absolute atomic E-state index is 0.310. The van der Waals surface area contributed by atoms with E-state index in [9.17, 15) is 5.11 Å². The number of phenols is 1. The lowest BCUT2D eigenvalue weighted by atomic mass is 10.0. The van der Waals surface area contributed by atoms with Crippen LogP contribution in [0.1, 0.15) is 38.2 Å². The lowest BCUT2D eigenvalue weighted by molar-refractivity contribution is 0.203. The molecule has 116 valence electrons. The topological polar surface area (TPSA) is 44.7 Å². The first kappa shape index (κ1) is 14.7. The number of phenolic OH excluding ortho intramolecular Hbond substituents is 1. The average molecular weight is 290 g/mol. The molecule has 21 heavy (non-hydrogen) atoms. The second-order valence-corrected chi connectivity index (χ2v) is 6.08. The van der Waals surface area contributed by atoms with Crippen molar-refractivity contribution >= 4 is 0 Å². The van der Waals surface area contributed by atoms with Crippen LogP contribution in [0.15, 0.2) is 18.2 Å². The molecular formula is C17H26N2O2. The number of likely N-dealkylation sites (tertiary alicyclic amines) is 1. The number of benzene rings is 1. The van der Waals surface area contributed by atoms with Crippen molar-refractivity contribution in [3.63, 3.8) is 0 Å². The maximum Gasteiger partial charge on any atom is 0.162 e. The van der Waals surface area contributed by atoms with Crippen LogP contribution in [0.2, 0.25) is 0 Å². The van der Waals surface area contributed by atoms with Crippen molar-refractivity contribution in [3.05, 3.63) is 23.8 Å². The molecule has 4 nitrogen and oxygen atoms in total. The Bertz CT molecular complexity index is 472. The highest BCUT2D eigenvalue weighted by Crippen LogP contribution is 2.33. The molecule has 0 aromatic heterocycles. The van der Waals surface area contributed by atoms with E-state index in [1.165, 1.54) is 25.7 Å². The second-order valence-electron chi connectivity index (χ2n) is 6.08. The Hall–Kier alpha value is -1.26. The smallest absolute Gasteiger partial charge is 0.162 e. The Balaban J connectivity index is 1.71. The lowest BCUT2D eigenvalue weighted by Crippen LogP contribution is -2.43. The minimum Gasteiger partial charge on any atom is -0.504 e. The van der Waals surface area contributed by atoms with E-state index >= 15 is 0 Å². The second kappa shape index (κ2) is 6.67. The Kier molecular flexibility index (Phi) is 4.66. The number of hydrogen-bond donors (Lipinski definition) is 2. The van der Waals surface area contributed by atoms with Gasteiger partial charge in [-0.1, -0.05) is 12.1 Å². The van der Waals surface area contributed by atoms with Gasteiger partial charge in [-0.3, -0.25) is 4.90 Å². The first-order valence-electron chi connectivity index (χ1n) is 8.20. The van der Waals surface area contributed by atoms with Crippen LogP contribution in [0.3, 0.4) is 0 Å². The summed E-state index contributed by atoms with van der Waals surface area (Å²) in [4.78, 5) is 2.52. The third-order valence-corrected chi connectivity index (χ3v) is 4.73. The molecule has 2 heterocycles. The maximum absolute atomic E-state index is 10.4. The molecule has 0 saturated carbocycles. The number of para-hydroxylation sites is 1. The van der Waals surface area contributed by atoms with Gasteiger partial charge in [0.1, 0.15) is 0 Å². The van der Waals surface area contributed by atoms with Crippen LogP contribution in [0, 0.1) is 0 Å². The number of aromatic hydroxyl groups is 1. The predicted octanol–water partition coefficient (Wildman–Crippen LogP) is 2.51. The molecule has 3 rings (SSSR count). The van der Waals surface area contributed by atoms with Gasteiger partial charge < -0.3 is 15.2 Å². The van der Waals surface area contributed by atoms with Gasteiger partial charge in [0.05, 0.1) is 6.61 Å². The molecule has 4 heteroatoms. The number of hydrogen-bond acceptors (Lipinski definition) is 4. The van der Waals surface area contributed by atoms with Gasteiger partial charge >= 0.3 is 0 Å². The fourth-order valence-electron chi connectivity index (χ4n) is 3.73. The molecule has 2 saturated heterocycles. The van der Waals surface area contributed by atoms with Gasteiger partial charge in [-0.25, -0.2) is 0 Å². The molecule has 2 aliphatic heterocycles. The summed E-state index contributed by atoms with van der Waals surface area (Å²) < 4.78 is 5.49. The Morgan fingerprint density at radius 1 is 1.33 bits per heavy atom.